The van der Waals surface area contributed by atoms with Crippen LogP contribution in [0.25, 0.3) is 0 Å². The van der Waals surface area contributed by atoms with E-state index in [2.05, 4.69) is 5.32 Å². The lowest BCUT2D eigenvalue weighted by atomic mass is 10.1. The molecular formula is C17H28N4O6. The number of nitrogens with zero attached hydrogens (tertiary/aromatic N) is 3. The van der Waals surface area contributed by atoms with Gasteiger partial charge in [0.15, 0.2) is 0 Å². The van der Waals surface area contributed by atoms with Crippen molar-refractivity contribution in [2.45, 2.75) is 32.7 Å². The van der Waals surface area contributed by atoms with Gasteiger partial charge in [-0.2, -0.15) is 0 Å². The number of carbonyl (C=O) groups excluding carboxylic acids is 4. The fraction of sp³-hybridized carbons (Fsp3) is 0.765. The molecule has 0 saturated carbocycles. The van der Waals surface area contributed by atoms with Crippen molar-refractivity contribution in [1.82, 2.24) is 20.0 Å². The minimum Gasteiger partial charge on any atom is -0.450 e. The third-order valence-corrected chi connectivity index (χ3v) is 4.64. The van der Waals surface area contributed by atoms with Crippen LogP contribution in [-0.4, -0.2) is 97.2 Å². The molecule has 1 N–H and O–H groups in total. The van der Waals surface area contributed by atoms with Crippen LogP contribution in [0.15, 0.2) is 0 Å². The lowest BCUT2D eigenvalue weighted by Gasteiger charge is -2.34. The van der Waals surface area contributed by atoms with Gasteiger partial charge in [-0.15, -0.1) is 0 Å². The average Bonchev–Trinajstić information content (AvgIpc) is 2.68. The van der Waals surface area contributed by atoms with Gasteiger partial charge in [0.25, 0.3) is 0 Å². The van der Waals surface area contributed by atoms with Crippen molar-refractivity contribution < 1.29 is 28.7 Å². The van der Waals surface area contributed by atoms with Gasteiger partial charge in [0.1, 0.15) is 0 Å². The lowest BCUT2D eigenvalue weighted by Crippen LogP contribution is -2.55. The zero-order valence-corrected chi connectivity index (χ0v) is 15.9. The number of rotatable bonds is 3. The molecule has 2 heterocycles. The summed E-state index contributed by atoms with van der Waals surface area (Å²) in [5, 5.41) is 2.75. The third kappa shape index (κ3) is 5.73. The van der Waals surface area contributed by atoms with E-state index >= 15 is 0 Å². The summed E-state index contributed by atoms with van der Waals surface area (Å²) >= 11 is 0. The van der Waals surface area contributed by atoms with E-state index in [9.17, 15) is 19.2 Å². The molecule has 10 nitrogen and oxygen atoms in total. The van der Waals surface area contributed by atoms with Gasteiger partial charge in [0.05, 0.1) is 13.2 Å². The Morgan fingerprint density at radius 1 is 0.778 bits per heavy atom. The molecule has 0 radical (unpaired) electrons. The summed E-state index contributed by atoms with van der Waals surface area (Å²) in [5.41, 5.74) is 0. The molecule has 0 aromatic heterocycles. The Morgan fingerprint density at radius 3 is 1.70 bits per heavy atom. The number of hydrogen-bond acceptors (Lipinski definition) is 6. The van der Waals surface area contributed by atoms with Crippen LogP contribution >= 0.6 is 0 Å². The summed E-state index contributed by atoms with van der Waals surface area (Å²) in [6.07, 6.45) is 0.406. The van der Waals surface area contributed by atoms with Crippen molar-refractivity contribution in [3.05, 3.63) is 0 Å². The van der Waals surface area contributed by atoms with Crippen LogP contribution in [0.1, 0.15) is 26.7 Å². The number of hydrogen-bond donors (Lipinski definition) is 1. The van der Waals surface area contributed by atoms with Gasteiger partial charge in [-0.25, -0.2) is 9.59 Å². The molecule has 0 aromatic rings. The van der Waals surface area contributed by atoms with Crippen molar-refractivity contribution in [3.63, 3.8) is 0 Å². The first-order chi connectivity index (χ1) is 13.0. The highest BCUT2D eigenvalue weighted by atomic mass is 16.6. The molecule has 2 saturated heterocycles. The minimum atomic E-state index is -0.644. The first-order valence-corrected chi connectivity index (χ1v) is 9.39. The van der Waals surface area contributed by atoms with Crippen LogP contribution in [0.4, 0.5) is 9.59 Å². The molecule has 4 amide bonds. The van der Waals surface area contributed by atoms with E-state index in [0.29, 0.717) is 65.3 Å². The largest absolute Gasteiger partial charge is 0.450 e. The maximum Gasteiger partial charge on any atom is 0.409 e. The maximum absolute atomic E-state index is 12.3. The maximum atomic E-state index is 12.3. The third-order valence-electron chi connectivity index (χ3n) is 4.64. The molecule has 10 heteroatoms. The molecule has 0 aliphatic carbocycles. The Balaban J connectivity index is 1.73. The number of piperazine rings is 1. The van der Waals surface area contributed by atoms with Gasteiger partial charge >= 0.3 is 24.0 Å². The molecule has 2 fully saturated rings. The summed E-state index contributed by atoms with van der Waals surface area (Å²) in [5.74, 6) is -1.24. The van der Waals surface area contributed by atoms with Crippen molar-refractivity contribution in [3.8, 4) is 0 Å². The molecule has 0 aromatic carbocycles. The number of ether oxygens (including phenoxy) is 2. The lowest BCUT2D eigenvalue weighted by molar-refractivity contribution is -0.147. The quantitative estimate of drug-likeness (QED) is 0.688. The van der Waals surface area contributed by atoms with Crippen LogP contribution < -0.4 is 5.32 Å². The average molecular weight is 384 g/mol. The van der Waals surface area contributed by atoms with E-state index in [0.717, 1.165) is 0 Å². The van der Waals surface area contributed by atoms with Crippen LogP contribution in [0.5, 0.6) is 0 Å². The monoisotopic (exact) mass is 384 g/mol. The Kier molecular flexibility index (Phi) is 7.68. The zero-order chi connectivity index (χ0) is 19.8. The second kappa shape index (κ2) is 9.98. The van der Waals surface area contributed by atoms with Crippen molar-refractivity contribution in [1.29, 1.82) is 0 Å². The van der Waals surface area contributed by atoms with E-state index in [1.165, 1.54) is 9.80 Å². The van der Waals surface area contributed by atoms with Gasteiger partial charge in [0, 0.05) is 45.3 Å². The molecular weight excluding hydrogens is 356 g/mol. The Labute approximate surface area is 158 Å². The fourth-order valence-corrected chi connectivity index (χ4v) is 3.12. The van der Waals surface area contributed by atoms with Crippen molar-refractivity contribution >= 4 is 24.0 Å². The van der Waals surface area contributed by atoms with E-state index < -0.39 is 17.9 Å². The van der Waals surface area contributed by atoms with Crippen molar-refractivity contribution in [2.75, 3.05) is 52.5 Å². The Hall–Kier alpha value is -2.52. The van der Waals surface area contributed by atoms with Crippen LogP contribution in [0, 0.1) is 0 Å². The molecule has 2 aliphatic rings. The number of carbonyl (C=O) groups is 4. The summed E-state index contributed by atoms with van der Waals surface area (Å²) in [4.78, 5) is 52.5. The topological polar surface area (TPSA) is 108 Å². The molecule has 0 bridgehead atoms. The highest BCUT2D eigenvalue weighted by Crippen LogP contribution is 2.12. The summed E-state index contributed by atoms with van der Waals surface area (Å²) < 4.78 is 9.89. The van der Waals surface area contributed by atoms with Gasteiger partial charge < -0.3 is 29.5 Å². The van der Waals surface area contributed by atoms with Crippen molar-refractivity contribution in [2.24, 2.45) is 0 Å². The summed E-state index contributed by atoms with van der Waals surface area (Å²) in [6, 6.07) is -0.145. The Morgan fingerprint density at radius 2 is 1.22 bits per heavy atom. The normalized spacial score (nSPS) is 18.1. The zero-order valence-electron chi connectivity index (χ0n) is 15.9. The molecule has 0 spiro atoms. The van der Waals surface area contributed by atoms with Gasteiger partial charge in [-0.1, -0.05) is 0 Å². The van der Waals surface area contributed by atoms with Gasteiger partial charge in [0.2, 0.25) is 0 Å². The van der Waals surface area contributed by atoms with Gasteiger partial charge in [-0.3, -0.25) is 9.59 Å². The van der Waals surface area contributed by atoms with E-state index in [1.807, 2.05) is 0 Å². The van der Waals surface area contributed by atoms with Gasteiger partial charge in [-0.05, 0) is 26.7 Å². The second-order valence-electron chi connectivity index (χ2n) is 6.41. The molecule has 0 atom stereocenters. The predicted octanol–water partition coefficient (Wildman–Crippen LogP) is 0.0242. The number of likely N-dealkylation sites (tertiary alicyclic amines) is 1. The predicted molar refractivity (Wildman–Crippen MR) is 94.9 cm³/mol. The highest BCUT2D eigenvalue weighted by molar-refractivity contribution is 6.35. The smallest absolute Gasteiger partial charge is 0.409 e. The molecule has 152 valence electrons. The van der Waals surface area contributed by atoms with Crippen LogP contribution in [0.2, 0.25) is 0 Å². The fourth-order valence-electron chi connectivity index (χ4n) is 3.12. The number of nitrogens with one attached hydrogen (secondary N) is 1. The first kappa shape index (κ1) is 20.8. The minimum absolute atomic E-state index is 0.145. The van der Waals surface area contributed by atoms with Crippen LogP contribution in [0.3, 0.4) is 0 Å². The summed E-state index contributed by atoms with van der Waals surface area (Å²) in [7, 11) is 0. The first-order valence-electron chi connectivity index (χ1n) is 9.39. The molecule has 27 heavy (non-hydrogen) atoms. The Bertz CT molecular complexity index is 554. The molecule has 2 rings (SSSR count). The SMILES string of the molecule is CCOC(=O)N1CCC(NC(=O)C(=O)N2CCN(C(=O)OCC)CC2)CC1. The van der Waals surface area contributed by atoms with E-state index in [-0.39, 0.29) is 12.1 Å². The number of piperidine rings is 1. The van der Waals surface area contributed by atoms with E-state index in [1.54, 1.807) is 18.7 Å². The number of amides is 4. The molecule has 0 unspecified atom stereocenters. The van der Waals surface area contributed by atoms with Crippen LogP contribution in [-0.2, 0) is 19.1 Å². The van der Waals surface area contributed by atoms with E-state index in [4.69, 9.17) is 9.47 Å². The molecule has 2 aliphatic heterocycles. The summed E-state index contributed by atoms with van der Waals surface area (Å²) in [6.45, 7) is 6.36. The standard InChI is InChI=1S/C17H28N4O6/c1-3-26-16(24)20-7-5-13(6-8-20)18-14(22)15(23)19-9-11-21(12-10-19)17(25)27-4-2/h13H,3-12H2,1-2H3,(H,18,22). The second-order valence-corrected chi connectivity index (χ2v) is 6.41. The highest BCUT2D eigenvalue weighted by Gasteiger charge is 2.31.